The van der Waals surface area contributed by atoms with Crippen LogP contribution in [0.1, 0.15) is 26.7 Å². The van der Waals surface area contributed by atoms with Gasteiger partial charge < -0.3 is 26.4 Å². The van der Waals surface area contributed by atoms with Gasteiger partial charge in [-0.2, -0.15) is 0 Å². The molecule has 0 rings (SSSR count). The predicted octanol–water partition coefficient (Wildman–Crippen LogP) is -1.13. The summed E-state index contributed by atoms with van der Waals surface area (Å²) in [5, 5.41) is 13.8. The first-order valence-electron chi connectivity index (χ1n) is 6.65. The highest BCUT2D eigenvalue weighted by atomic mass is 16.4. The molecule has 120 valence electrons. The Balaban J connectivity index is 4.59. The van der Waals surface area contributed by atoms with Crippen LogP contribution in [0.25, 0.3) is 0 Å². The first-order valence-corrected chi connectivity index (χ1v) is 6.65. The lowest BCUT2D eigenvalue weighted by Crippen LogP contribution is -2.50. The molecule has 0 aromatic carbocycles. The lowest BCUT2D eigenvalue weighted by Gasteiger charge is -2.23. The molecular formula is C12H22N4O5. The van der Waals surface area contributed by atoms with E-state index in [0.717, 1.165) is 0 Å². The van der Waals surface area contributed by atoms with Crippen molar-refractivity contribution < 1.29 is 24.3 Å². The first kappa shape index (κ1) is 18.7. The van der Waals surface area contributed by atoms with Gasteiger partial charge in [0.1, 0.15) is 12.6 Å². The van der Waals surface area contributed by atoms with Gasteiger partial charge in [-0.15, -0.1) is 0 Å². The normalized spacial score (nSPS) is 11.3. The molecule has 5 N–H and O–H groups in total. The minimum absolute atomic E-state index is 0.102. The Labute approximate surface area is 122 Å². The zero-order valence-electron chi connectivity index (χ0n) is 12.2. The molecule has 0 aliphatic rings. The number of hydrogen-bond acceptors (Lipinski definition) is 4. The maximum Gasteiger partial charge on any atom is 0.326 e. The van der Waals surface area contributed by atoms with Crippen molar-refractivity contribution in [2.75, 3.05) is 19.6 Å². The third kappa shape index (κ3) is 7.75. The monoisotopic (exact) mass is 302 g/mol. The standard InChI is InChI=1S/C12H22N4O5/c1-3-14-10(18)7-16(4-2)12(21)15-8(11(19)20)5-6-9(13)17/h8H,3-7H2,1-2H3,(H2,13,17)(H,14,18)(H,15,21)(H,19,20)/t8-/m1/s1. The van der Waals surface area contributed by atoms with Crippen LogP contribution >= 0.6 is 0 Å². The van der Waals surface area contributed by atoms with Crippen LogP contribution in [0, 0.1) is 0 Å². The zero-order chi connectivity index (χ0) is 16.4. The van der Waals surface area contributed by atoms with Crippen molar-refractivity contribution in [3.05, 3.63) is 0 Å². The van der Waals surface area contributed by atoms with Crippen molar-refractivity contribution >= 4 is 23.8 Å². The van der Waals surface area contributed by atoms with Gasteiger partial charge in [-0.1, -0.05) is 0 Å². The second kappa shape index (κ2) is 9.56. The summed E-state index contributed by atoms with van der Waals surface area (Å²) in [5.74, 6) is -2.25. The lowest BCUT2D eigenvalue weighted by atomic mass is 10.1. The van der Waals surface area contributed by atoms with E-state index < -0.39 is 23.9 Å². The van der Waals surface area contributed by atoms with Crippen LogP contribution in [0.15, 0.2) is 0 Å². The van der Waals surface area contributed by atoms with E-state index in [4.69, 9.17) is 10.8 Å². The highest BCUT2D eigenvalue weighted by Gasteiger charge is 2.23. The number of aliphatic carboxylic acids is 1. The van der Waals surface area contributed by atoms with E-state index in [9.17, 15) is 19.2 Å². The fourth-order valence-electron chi connectivity index (χ4n) is 1.54. The summed E-state index contributed by atoms with van der Waals surface area (Å²) >= 11 is 0. The number of urea groups is 1. The SMILES string of the molecule is CCNC(=O)CN(CC)C(=O)N[C@H](CCC(N)=O)C(=O)O. The van der Waals surface area contributed by atoms with E-state index >= 15 is 0 Å². The highest BCUT2D eigenvalue weighted by molar-refractivity contribution is 5.87. The molecule has 0 saturated carbocycles. The first-order chi connectivity index (χ1) is 9.81. The molecule has 0 unspecified atom stereocenters. The summed E-state index contributed by atoms with van der Waals surface area (Å²) in [5.41, 5.74) is 4.95. The van der Waals surface area contributed by atoms with Crippen LogP contribution in [0.2, 0.25) is 0 Å². The number of rotatable bonds is 9. The van der Waals surface area contributed by atoms with E-state index in [-0.39, 0.29) is 31.8 Å². The number of carbonyl (C=O) groups is 4. The number of nitrogens with two attached hydrogens (primary N) is 1. The maximum atomic E-state index is 11.9. The second-order valence-electron chi connectivity index (χ2n) is 4.31. The molecule has 0 bridgehead atoms. The zero-order valence-corrected chi connectivity index (χ0v) is 12.2. The molecule has 0 fully saturated rings. The molecule has 9 nitrogen and oxygen atoms in total. The Kier molecular flexibility index (Phi) is 8.51. The van der Waals surface area contributed by atoms with Crippen LogP contribution in [0.5, 0.6) is 0 Å². The summed E-state index contributed by atoms with van der Waals surface area (Å²) in [4.78, 5) is 46.2. The number of amides is 4. The second-order valence-corrected chi connectivity index (χ2v) is 4.31. The molecule has 0 heterocycles. The van der Waals surface area contributed by atoms with Gasteiger partial charge in [-0.05, 0) is 20.3 Å². The topological polar surface area (TPSA) is 142 Å². The van der Waals surface area contributed by atoms with Crippen molar-refractivity contribution in [1.29, 1.82) is 0 Å². The molecular weight excluding hydrogens is 280 g/mol. The molecule has 0 saturated heterocycles. The summed E-state index contributed by atoms with van der Waals surface area (Å²) in [7, 11) is 0. The Morgan fingerprint density at radius 2 is 1.86 bits per heavy atom. The van der Waals surface area contributed by atoms with E-state index in [1.165, 1.54) is 4.90 Å². The Hall–Kier alpha value is -2.32. The van der Waals surface area contributed by atoms with Crippen LogP contribution in [0.4, 0.5) is 4.79 Å². The van der Waals surface area contributed by atoms with E-state index in [1.54, 1.807) is 13.8 Å². The summed E-state index contributed by atoms with van der Waals surface area (Å²) in [6.07, 6.45) is -0.255. The van der Waals surface area contributed by atoms with Gasteiger partial charge in [0.15, 0.2) is 0 Å². The van der Waals surface area contributed by atoms with Crippen LogP contribution in [-0.4, -0.2) is 59.5 Å². The maximum absolute atomic E-state index is 11.9. The average molecular weight is 302 g/mol. The summed E-state index contributed by atoms with van der Waals surface area (Å²) in [6.45, 7) is 3.92. The molecule has 0 spiro atoms. The largest absolute Gasteiger partial charge is 0.480 e. The van der Waals surface area contributed by atoms with Crippen LogP contribution in [-0.2, 0) is 14.4 Å². The molecule has 0 aromatic rings. The van der Waals surface area contributed by atoms with Gasteiger partial charge in [0.2, 0.25) is 11.8 Å². The van der Waals surface area contributed by atoms with E-state index in [2.05, 4.69) is 10.6 Å². The minimum Gasteiger partial charge on any atom is -0.480 e. The molecule has 21 heavy (non-hydrogen) atoms. The van der Waals surface area contributed by atoms with Gasteiger partial charge in [0, 0.05) is 19.5 Å². The number of nitrogens with one attached hydrogen (secondary N) is 2. The Morgan fingerprint density at radius 1 is 1.24 bits per heavy atom. The molecule has 1 atom stereocenters. The third-order valence-electron chi connectivity index (χ3n) is 2.65. The fourth-order valence-corrected chi connectivity index (χ4v) is 1.54. The number of carboxylic acid groups (broad SMARTS) is 1. The van der Waals surface area contributed by atoms with Crippen LogP contribution < -0.4 is 16.4 Å². The van der Waals surface area contributed by atoms with Gasteiger partial charge in [-0.25, -0.2) is 9.59 Å². The number of likely N-dealkylation sites (N-methyl/N-ethyl adjacent to an activating group) is 2. The molecule has 0 aliphatic carbocycles. The number of carbonyl (C=O) groups excluding carboxylic acids is 3. The average Bonchev–Trinajstić information content (AvgIpc) is 2.40. The van der Waals surface area contributed by atoms with Gasteiger partial charge in [-0.3, -0.25) is 9.59 Å². The summed E-state index contributed by atoms with van der Waals surface area (Å²) in [6, 6.07) is -1.91. The van der Waals surface area contributed by atoms with Crippen molar-refractivity contribution in [1.82, 2.24) is 15.5 Å². The van der Waals surface area contributed by atoms with Gasteiger partial charge in [0.05, 0.1) is 0 Å². The summed E-state index contributed by atoms with van der Waals surface area (Å²) < 4.78 is 0. The fraction of sp³-hybridized carbons (Fsp3) is 0.667. The van der Waals surface area contributed by atoms with Crippen molar-refractivity contribution in [3.8, 4) is 0 Å². The highest BCUT2D eigenvalue weighted by Crippen LogP contribution is 2.00. The number of hydrogen-bond donors (Lipinski definition) is 4. The molecule has 0 aliphatic heterocycles. The smallest absolute Gasteiger partial charge is 0.326 e. The Bertz CT molecular complexity index is 399. The minimum atomic E-state index is -1.27. The number of carboxylic acids is 1. The van der Waals surface area contributed by atoms with Crippen molar-refractivity contribution in [2.45, 2.75) is 32.7 Å². The lowest BCUT2D eigenvalue weighted by molar-refractivity contribution is -0.139. The van der Waals surface area contributed by atoms with Crippen molar-refractivity contribution in [2.24, 2.45) is 5.73 Å². The third-order valence-corrected chi connectivity index (χ3v) is 2.65. The Morgan fingerprint density at radius 3 is 2.29 bits per heavy atom. The molecule has 9 heteroatoms. The van der Waals surface area contributed by atoms with Gasteiger partial charge in [0.25, 0.3) is 0 Å². The van der Waals surface area contributed by atoms with E-state index in [0.29, 0.717) is 6.54 Å². The predicted molar refractivity (Wildman–Crippen MR) is 74.3 cm³/mol. The van der Waals surface area contributed by atoms with E-state index in [1.807, 2.05) is 0 Å². The molecule has 0 aromatic heterocycles. The molecule has 4 amide bonds. The van der Waals surface area contributed by atoms with Crippen molar-refractivity contribution in [3.63, 3.8) is 0 Å². The molecule has 0 radical (unpaired) electrons. The number of nitrogens with zero attached hydrogens (tertiary/aromatic N) is 1. The number of primary amides is 1. The van der Waals surface area contributed by atoms with Gasteiger partial charge >= 0.3 is 12.0 Å². The quantitative estimate of drug-likeness (QED) is 0.426. The van der Waals surface area contributed by atoms with Crippen LogP contribution in [0.3, 0.4) is 0 Å².